The maximum absolute atomic E-state index is 15.3. The summed E-state index contributed by atoms with van der Waals surface area (Å²) in [5.41, 5.74) is 6.18. The number of rotatable bonds is 20. The van der Waals surface area contributed by atoms with Crippen LogP contribution in [0.1, 0.15) is 96.1 Å². The molecule has 5 heterocycles. The number of piperidine rings is 1. The summed E-state index contributed by atoms with van der Waals surface area (Å²) in [5, 5.41) is 66.7. The number of primary amides is 1. The minimum absolute atomic E-state index is 0.0656. The molecule has 31 nitrogen and oxygen atoms in total. The van der Waals surface area contributed by atoms with Gasteiger partial charge in [-0.3, -0.25) is 66.7 Å². The molecule has 11 amide bonds. The third-order valence-electron chi connectivity index (χ3n) is 16.4. The maximum atomic E-state index is 15.3. The number of hydrogen-bond donors (Lipinski definition) is 16. The molecule has 2 fully saturated rings. The molecule has 4 aliphatic heterocycles. The number of unbranched alkanes of at least 4 members (excludes halogenated alkanes) is 2. The molecular weight excluding hydrogens is 1160 g/mol. The number of aliphatic hydroxyl groups is 3. The number of benzene rings is 1. The lowest BCUT2D eigenvalue weighted by molar-refractivity contribution is -0.144. The van der Waals surface area contributed by atoms with Crippen LogP contribution in [0.25, 0.3) is 10.9 Å². The van der Waals surface area contributed by atoms with Crippen molar-refractivity contribution < 1.29 is 82.2 Å². The van der Waals surface area contributed by atoms with E-state index in [1.54, 1.807) is 13.8 Å². The number of aromatic nitrogens is 1. The van der Waals surface area contributed by atoms with Crippen LogP contribution in [-0.4, -0.2) is 218 Å². The van der Waals surface area contributed by atoms with Gasteiger partial charge in [-0.15, -0.1) is 0 Å². The summed E-state index contributed by atoms with van der Waals surface area (Å²) in [7, 11) is -2.48. The molecule has 4 aliphatic rings. The molecule has 11 atom stereocenters. The summed E-state index contributed by atoms with van der Waals surface area (Å²) in [5.74, 6) is -7.55. The van der Waals surface area contributed by atoms with Crippen LogP contribution in [0.4, 0.5) is 0 Å². The van der Waals surface area contributed by atoms with E-state index in [0.29, 0.717) is 63.8 Å². The van der Waals surface area contributed by atoms with Gasteiger partial charge in [0.2, 0.25) is 65.0 Å². The second kappa shape index (κ2) is 32.6. The summed E-state index contributed by atoms with van der Waals surface area (Å²) < 4.78 is 15.3. The summed E-state index contributed by atoms with van der Waals surface area (Å²) in [6.07, 6.45) is -0.0457. The number of carbonyl (C=O) groups is 11. The fourth-order valence-corrected chi connectivity index (χ4v) is 12.5. The van der Waals surface area contributed by atoms with E-state index in [1.165, 1.54) is 19.1 Å². The molecule has 0 radical (unpaired) electrons. The van der Waals surface area contributed by atoms with Gasteiger partial charge in [-0.05, 0) is 74.7 Å². The second-order valence-electron chi connectivity index (χ2n) is 22.7. The van der Waals surface area contributed by atoms with E-state index in [-0.39, 0.29) is 58.1 Å². The Labute approximate surface area is 504 Å². The Bertz CT molecular complexity index is 2870. The van der Waals surface area contributed by atoms with Crippen molar-refractivity contribution in [1.29, 1.82) is 0 Å². The van der Waals surface area contributed by atoms with Crippen LogP contribution < -0.4 is 59.5 Å². The first kappa shape index (κ1) is 68.7. The first-order chi connectivity index (χ1) is 41.4. The Morgan fingerprint density at radius 2 is 1.52 bits per heavy atom. The van der Waals surface area contributed by atoms with Gasteiger partial charge in [0.15, 0.2) is 0 Å². The highest BCUT2D eigenvalue weighted by Crippen LogP contribution is 2.35. The summed E-state index contributed by atoms with van der Waals surface area (Å²) in [6.45, 7) is 3.56. The van der Waals surface area contributed by atoms with Crippen LogP contribution in [0.5, 0.6) is 5.75 Å². The van der Waals surface area contributed by atoms with E-state index in [2.05, 4.69) is 62.6 Å². The molecule has 1 aromatic heterocycles. The zero-order valence-corrected chi connectivity index (χ0v) is 49.9. The van der Waals surface area contributed by atoms with Gasteiger partial charge in [-0.1, -0.05) is 33.6 Å². The van der Waals surface area contributed by atoms with E-state index in [1.807, 2.05) is 0 Å². The molecule has 0 spiro atoms. The van der Waals surface area contributed by atoms with Crippen molar-refractivity contribution >= 4 is 86.7 Å². The fourth-order valence-electron chi connectivity index (χ4n) is 11.1. The smallest absolute Gasteiger partial charge is 0.248 e. The molecule has 482 valence electrons. The summed E-state index contributed by atoms with van der Waals surface area (Å²) in [6, 6.07) is -7.39. The largest absolute Gasteiger partial charge is 0.508 e. The third-order valence-corrected chi connectivity index (χ3v) is 17.8. The van der Waals surface area contributed by atoms with Crippen LogP contribution >= 0.6 is 0 Å². The molecule has 2 saturated heterocycles. The molecule has 1 unspecified atom stereocenters. The molecule has 0 aliphatic carbocycles. The number of aliphatic hydroxyl groups excluding tert-OH is 3. The number of phenolic OH excluding ortho intramolecular Hbond substituents is 1. The van der Waals surface area contributed by atoms with E-state index in [9.17, 15) is 73.2 Å². The number of aromatic amines is 1. The Kier molecular flexibility index (Phi) is 25.7. The predicted molar refractivity (Wildman–Crippen MR) is 310 cm³/mol. The fraction of sp³-hybridized carbons (Fsp3) is 0.655. The van der Waals surface area contributed by atoms with Gasteiger partial charge in [0.1, 0.15) is 53.6 Å². The number of fused-ring (bicyclic) bond motifs is 5. The number of carbonyl (C=O) groups excluding carboxylic acids is 11. The maximum Gasteiger partial charge on any atom is 0.248 e. The number of phenols is 1. The summed E-state index contributed by atoms with van der Waals surface area (Å²) >= 11 is 0. The molecule has 87 heavy (non-hydrogen) atoms. The number of H-pyrrole nitrogens is 1. The predicted octanol–water partition coefficient (Wildman–Crippen LogP) is -5.64. The molecule has 2 bridgehead atoms. The minimum Gasteiger partial charge on any atom is -0.508 e. The van der Waals surface area contributed by atoms with Crippen molar-refractivity contribution in [3.63, 3.8) is 0 Å². The van der Waals surface area contributed by atoms with Crippen molar-refractivity contribution in [3.05, 3.63) is 23.3 Å². The zero-order valence-electron chi connectivity index (χ0n) is 49.1. The minimum atomic E-state index is -2.48. The van der Waals surface area contributed by atoms with Crippen LogP contribution in [0.3, 0.4) is 0 Å². The molecule has 0 saturated carbocycles. The lowest BCUT2D eigenvalue weighted by Crippen LogP contribution is -2.62. The van der Waals surface area contributed by atoms with Crippen molar-refractivity contribution in [1.82, 2.24) is 62.6 Å². The van der Waals surface area contributed by atoms with E-state index >= 15 is 4.21 Å². The quantitative estimate of drug-likeness (QED) is 0.0434. The number of nitrogens with zero attached hydrogens (tertiary/aromatic N) is 2. The number of aromatic hydroxyl groups is 1. The lowest BCUT2D eigenvalue weighted by atomic mass is 9.93. The van der Waals surface area contributed by atoms with Gasteiger partial charge in [0.05, 0.1) is 60.4 Å². The average molecular weight is 1250 g/mol. The lowest BCUT2D eigenvalue weighted by Gasteiger charge is -2.32. The number of hydrogen-bond acceptors (Lipinski definition) is 19. The SMILES string of the molecule is CC[C@H](C)[C@@H]1NC(=O)CNC(=O)[C@H]2Cc3c([nH]c4c(CN5CCC(CCNC(=O)CCCCCNC(=O)CON)CC5)c(O)ccc34)S(=O)C[C@@H](NC(=O)CNC1=O)C(=O)N[C@@H](CC(N)=O)C(=O)N1C[C@H](O)C[C@H]1C(=O)N[C@@H]([C@H](C)[C@H](O)CO)C(=O)N2. The molecule has 18 N–H and O–H groups in total. The van der Waals surface area contributed by atoms with E-state index in [4.69, 9.17) is 11.6 Å². The van der Waals surface area contributed by atoms with Gasteiger partial charge in [0.25, 0.3) is 0 Å². The number of likely N-dealkylation sites (tertiary alicyclic amines) is 1. The van der Waals surface area contributed by atoms with E-state index < -0.39 is 176 Å². The standard InChI is InChI=1S/C55H84N14O17S/c1-4-28(2)46-52(82)61-21-43(76)62-37-27-87(85)54-33(32-9-10-39(72)34(48(32)67-54)24-68-16-12-30(13-17-68)11-15-59-42(75)8-6-5-7-14-58-45(78)26-86-57)19-35(49(79)60-22-44(77)65-46)63-53(83)47(29(3)40(73)25-70)66-51(81)38-18-31(71)23-69(38)55(84)36(20-41(56)74)64-50(37)80/h9-10,28-31,35-38,40,46-47,67,70-73H,4-8,11-27,57H2,1-3H3,(H2,56,74)(H,58,78)(H,59,75)(H,60,79)(H,61,82)(H,62,76)(H,63,83)(H,64,80)(H,65,77)(H,66,81)/t28-,29+,31+,35+,36-,37+,38-,40+,46-,47-,87?/m0/s1. The third kappa shape index (κ3) is 19.1. The van der Waals surface area contributed by atoms with Gasteiger partial charge in [-0.2, -0.15) is 0 Å². The molecule has 6 rings (SSSR count). The first-order valence-corrected chi connectivity index (χ1v) is 30.7. The highest BCUT2D eigenvalue weighted by Gasteiger charge is 2.45. The van der Waals surface area contributed by atoms with Gasteiger partial charge in [0, 0.05) is 62.3 Å². The Morgan fingerprint density at radius 1 is 0.828 bits per heavy atom. The van der Waals surface area contributed by atoms with Gasteiger partial charge in [-0.25, -0.2) is 5.90 Å². The summed E-state index contributed by atoms with van der Waals surface area (Å²) in [4.78, 5) is 161. The topological polar surface area (TPSA) is 478 Å². The first-order valence-electron chi connectivity index (χ1n) is 29.3. The molecule has 32 heteroatoms. The Hall–Kier alpha value is -7.36. The molecule has 2 aromatic rings. The Balaban J connectivity index is 1.39. The normalized spacial score (nSPS) is 25.5. The second-order valence-corrected chi connectivity index (χ2v) is 24.2. The van der Waals surface area contributed by atoms with Crippen LogP contribution in [-0.2, 0) is 81.3 Å². The van der Waals surface area contributed by atoms with Crippen molar-refractivity contribution in [2.24, 2.45) is 29.4 Å². The highest BCUT2D eigenvalue weighted by atomic mass is 32.2. The van der Waals surface area contributed by atoms with Crippen molar-refractivity contribution in [3.8, 4) is 5.75 Å². The average Bonchev–Trinajstić information content (AvgIpc) is 1.70. The number of nitrogens with one attached hydrogen (secondary N) is 10. The van der Waals surface area contributed by atoms with Crippen LogP contribution in [0.2, 0.25) is 0 Å². The number of nitrogens with two attached hydrogens (primary N) is 2. The Morgan fingerprint density at radius 3 is 2.20 bits per heavy atom. The van der Waals surface area contributed by atoms with Crippen molar-refractivity contribution in [2.75, 3.05) is 64.8 Å². The van der Waals surface area contributed by atoms with Crippen LogP contribution in [0.15, 0.2) is 17.2 Å². The van der Waals surface area contributed by atoms with E-state index in [0.717, 1.165) is 24.2 Å². The van der Waals surface area contributed by atoms with Crippen molar-refractivity contribution in [2.45, 2.75) is 151 Å². The van der Waals surface area contributed by atoms with Gasteiger partial charge >= 0.3 is 0 Å². The zero-order chi connectivity index (χ0) is 63.6. The monoisotopic (exact) mass is 1240 g/mol. The molecular formula is C55H84N14O17S. The molecule has 1 aromatic carbocycles. The van der Waals surface area contributed by atoms with Gasteiger partial charge < -0.3 is 83.9 Å². The van der Waals surface area contributed by atoms with Crippen LogP contribution in [0, 0.1) is 17.8 Å². The highest BCUT2D eigenvalue weighted by molar-refractivity contribution is 7.85. The number of amides is 11.